The molecule has 0 bridgehead atoms. The molecular weight excluding hydrogens is 236 g/mol. The summed E-state index contributed by atoms with van der Waals surface area (Å²) in [5.41, 5.74) is 0.640. The summed E-state index contributed by atoms with van der Waals surface area (Å²) < 4.78 is 23.8. The predicted molar refractivity (Wildman–Crippen MR) is 58.8 cm³/mol. The van der Waals surface area contributed by atoms with Crippen molar-refractivity contribution in [2.75, 3.05) is 5.88 Å². The Hall–Kier alpha value is -0.680. The van der Waals surface area contributed by atoms with Crippen LogP contribution in [0.4, 0.5) is 0 Å². The van der Waals surface area contributed by atoms with E-state index < -0.39 is 15.1 Å². The molecule has 6 heteroatoms. The van der Waals surface area contributed by atoms with Gasteiger partial charge in [0.1, 0.15) is 0 Å². The lowest BCUT2D eigenvalue weighted by atomic mass is 10.4. The molecule has 0 radical (unpaired) electrons. The van der Waals surface area contributed by atoms with Gasteiger partial charge in [0, 0.05) is 17.8 Å². The summed E-state index contributed by atoms with van der Waals surface area (Å²) in [5.74, 6) is 0.312. The highest BCUT2D eigenvalue weighted by molar-refractivity contribution is 7.91. The first-order valence-corrected chi connectivity index (χ1v) is 6.66. The van der Waals surface area contributed by atoms with Crippen LogP contribution in [-0.2, 0) is 9.84 Å². The van der Waals surface area contributed by atoms with Crippen LogP contribution in [-0.4, -0.2) is 29.5 Å². The quantitative estimate of drug-likeness (QED) is 0.600. The van der Waals surface area contributed by atoms with Crippen LogP contribution in [0.2, 0.25) is 0 Å². The number of nitrogens with zero attached hydrogens (tertiary/aromatic N) is 2. The molecule has 0 amide bonds. The minimum absolute atomic E-state index is 0.111. The van der Waals surface area contributed by atoms with E-state index in [0.717, 1.165) is 0 Å². The van der Waals surface area contributed by atoms with E-state index in [9.17, 15) is 8.42 Å². The van der Waals surface area contributed by atoms with Gasteiger partial charge in [-0.3, -0.25) is 0 Å². The van der Waals surface area contributed by atoms with Crippen LogP contribution < -0.4 is 0 Å². The molecule has 1 atom stereocenters. The van der Waals surface area contributed by atoms with E-state index in [0.29, 0.717) is 18.0 Å². The van der Waals surface area contributed by atoms with E-state index in [2.05, 4.69) is 9.97 Å². The second-order valence-electron chi connectivity index (χ2n) is 3.31. The molecule has 15 heavy (non-hydrogen) atoms. The number of hydrogen-bond acceptors (Lipinski definition) is 4. The van der Waals surface area contributed by atoms with Gasteiger partial charge in [-0.2, -0.15) is 0 Å². The van der Waals surface area contributed by atoms with Gasteiger partial charge >= 0.3 is 0 Å². The Labute approximate surface area is 94.6 Å². The van der Waals surface area contributed by atoms with Crippen molar-refractivity contribution >= 4 is 21.4 Å². The SMILES string of the molecule is Cc1ccnc(S(=O)(=O)C(C)CCCl)n1. The largest absolute Gasteiger partial charge is 0.247 e. The van der Waals surface area contributed by atoms with Crippen LogP contribution in [0, 0.1) is 6.92 Å². The number of halogens is 1. The Morgan fingerprint density at radius 3 is 2.73 bits per heavy atom. The Morgan fingerprint density at radius 1 is 1.53 bits per heavy atom. The molecule has 1 rings (SSSR count). The zero-order chi connectivity index (χ0) is 11.5. The molecular formula is C9H13ClN2O2S. The molecule has 84 valence electrons. The molecule has 1 unspecified atom stereocenters. The zero-order valence-electron chi connectivity index (χ0n) is 8.64. The number of alkyl halides is 1. The fourth-order valence-corrected chi connectivity index (χ4v) is 2.78. The molecule has 0 aromatic carbocycles. The van der Waals surface area contributed by atoms with Crippen molar-refractivity contribution < 1.29 is 8.42 Å². The lowest BCUT2D eigenvalue weighted by Gasteiger charge is -2.09. The fourth-order valence-electron chi connectivity index (χ4n) is 1.05. The van der Waals surface area contributed by atoms with E-state index in [-0.39, 0.29) is 5.16 Å². The first-order chi connectivity index (χ1) is 6.98. The average molecular weight is 249 g/mol. The first kappa shape index (κ1) is 12.4. The number of hydrogen-bond donors (Lipinski definition) is 0. The smallest absolute Gasteiger partial charge is 0.227 e. The average Bonchev–Trinajstić information content (AvgIpc) is 2.18. The highest BCUT2D eigenvalue weighted by atomic mass is 35.5. The number of aryl methyl sites for hydroxylation is 1. The third kappa shape index (κ3) is 2.89. The lowest BCUT2D eigenvalue weighted by Crippen LogP contribution is -2.21. The number of sulfone groups is 1. The Bertz CT molecular complexity index is 433. The molecule has 1 aromatic heterocycles. The minimum atomic E-state index is -3.43. The van der Waals surface area contributed by atoms with Crippen molar-refractivity contribution in [1.29, 1.82) is 0 Å². The number of rotatable bonds is 4. The van der Waals surface area contributed by atoms with E-state index in [1.807, 2.05) is 0 Å². The first-order valence-electron chi connectivity index (χ1n) is 4.58. The molecule has 0 N–H and O–H groups in total. The summed E-state index contributed by atoms with van der Waals surface area (Å²) >= 11 is 5.52. The van der Waals surface area contributed by atoms with Crippen LogP contribution in [0.3, 0.4) is 0 Å². The maximum absolute atomic E-state index is 11.9. The topological polar surface area (TPSA) is 59.9 Å². The standard InChI is InChI=1S/C9H13ClN2O2S/c1-7-4-6-11-9(12-7)15(13,14)8(2)3-5-10/h4,6,8H,3,5H2,1-2H3. The molecule has 0 aliphatic carbocycles. The van der Waals surface area contributed by atoms with Gasteiger partial charge in [0.2, 0.25) is 15.0 Å². The molecule has 0 spiro atoms. The van der Waals surface area contributed by atoms with Crippen LogP contribution >= 0.6 is 11.6 Å². The number of aromatic nitrogens is 2. The van der Waals surface area contributed by atoms with E-state index in [4.69, 9.17) is 11.6 Å². The van der Waals surface area contributed by atoms with Gasteiger partial charge in [-0.05, 0) is 26.3 Å². The summed E-state index contributed by atoms with van der Waals surface area (Å²) in [5, 5.41) is -0.656. The van der Waals surface area contributed by atoms with Crippen molar-refractivity contribution in [3.63, 3.8) is 0 Å². The second-order valence-corrected chi connectivity index (χ2v) is 5.95. The van der Waals surface area contributed by atoms with Gasteiger partial charge in [-0.25, -0.2) is 18.4 Å². The van der Waals surface area contributed by atoms with E-state index in [1.54, 1.807) is 19.9 Å². The van der Waals surface area contributed by atoms with Crippen molar-refractivity contribution in [1.82, 2.24) is 9.97 Å². The second kappa shape index (κ2) is 4.90. The Kier molecular flexibility index (Phi) is 4.04. The normalized spacial score (nSPS) is 13.8. The van der Waals surface area contributed by atoms with E-state index >= 15 is 0 Å². The van der Waals surface area contributed by atoms with Crippen LogP contribution in [0.1, 0.15) is 19.0 Å². The van der Waals surface area contributed by atoms with Crippen LogP contribution in [0.25, 0.3) is 0 Å². The van der Waals surface area contributed by atoms with Gasteiger partial charge in [-0.15, -0.1) is 11.6 Å². The molecule has 0 fully saturated rings. The van der Waals surface area contributed by atoms with Crippen molar-refractivity contribution in [3.8, 4) is 0 Å². The van der Waals surface area contributed by atoms with Gasteiger partial charge < -0.3 is 0 Å². The third-order valence-electron chi connectivity index (χ3n) is 2.07. The van der Waals surface area contributed by atoms with Gasteiger partial charge in [0.15, 0.2) is 0 Å². The maximum Gasteiger partial charge on any atom is 0.247 e. The molecule has 0 aliphatic rings. The van der Waals surface area contributed by atoms with E-state index in [1.165, 1.54) is 6.20 Å². The third-order valence-corrected chi connectivity index (χ3v) is 4.29. The zero-order valence-corrected chi connectivity index (χ0v) is 10.2. The predicted octanol–water partition coefficient (Wildman–Crippen LogP) is 1.58. The molecule has 1 heterocycles. The van der Waals surface area contributed by atoms with Crippen LogP contribution in [0.15, 0.2) is 17.4 Å². The fraction of sp³-hybridized carbons (Fsp3) is 0.556. The van der Waals surface area contributed by atoms with Crippen LogP contribution in [0.5, 0.6) is 0 Å². The molecule has 0 aliphatic heterocycles. The Morgan fingerprint density at radius 2 is 2.20 bits per heavy atom. The van der Waals surface area contributed by atoms with Crippen molar-refractivity contribution in [2.45, 2.75) is 30.7 Å². The van der Waals surface area contributed by atoms with Gasteiger partial charge in [0.05, 0.1) is 5.25 Å². The summed E-state index contributed by atoms with van der Waals surface area (Å²) in [6, 6.07) is 1.66. The van der Waals surface area contributed by atoms with Gasteiger partial charge in [0.25, 0.3) is 0 Å². The summed E-state index contributed by atoms with van der Waals surface area (Å²) in [7, 11) is -3.43. The van der Waals surface area contributed by atoms with Crippen molar-refractivity contribution in [2.24, 2.45) is 0 Å². The lowest BCUT2D eigenvalue weighted by molar-refractivity contribution is 0.571. The van der Waals surface area contributed by atoms with Gasteiger partial charge in [-0.1, -0.05) is 0 Å². The van der Waals surface area contributed by atoms with Crippen molar-refractivity contribution in [3.05, 3.63) is 18.0 Å². The summed E-state index contributed by atoms with van der Waals surface area (Å²) in [4.78, 5) is 7.68. The monoisotopic (exact) mass is 248 g/mol. The summed E-state index contributed by atoms with van der Waals surface area (Å²) in [6.45, 7) is 3.34. The molecule has 4 nitrogen and oxygen atoms in total. The maximum atomic E-state index is 11.9. The highest BCUT2D eigenvalue weighted by Crippen LogP contribution is 2.14. The highest BCUT2D eigenvalue weighted by Gasteiger charge is 2.25. The summed E-state index contributed by atoms with van der Waals surface area (Å²) in [6.07, 6.45) is 1.85. The molecule has 0 saturated carbocycles. The minimum Gasteiger partial charge on any atom is -0.227 e. The molecule has 0 saturated heterocycles. The Balaban J connectivity index is 3.06. The molecule has 1 aromatic rings.